The molecule has 154 valence electrons. The van der Waals surface area contributed by atoms with Gasteiger partial charge in [0.2, 0.25) is 0 Å². The first-order chi connectivity index (χ1) is 12.9. The predicted molar refractivity (Wildman–Crippen MR) is 114 cm³/mol. The van der Waals surface area contributed by atoms with E-state index in [4.69, 9.17) is 4.52 Å². The first-order valence-electron chi connectivity index (χ1n) is 11.7. The SMILES string of the molecule is CCC[C@@H](C)[C@H]1CC[C@H]2[C@@H]3CC[C@@H]4C[C@H](OP)CC[C@]4(C)[C@H]3CC(=O)[C@]12C. The number of hydrogen-bond donors (Lipinski definition) is 0. The Labute approximate surface area is 169 Å². The van der Waals surface area contributed by atoms with Crippen molar-refractivity contribution in [1.82, 2.24) is 0 Å². The smallest absolute Gasteiger partial charge is 0.139 e. The van der Waals surface area contributed by atoms with Crippen LogP contribution in [0.15, 0.2) is 0 Å². The van der Waals surface area contributed by atoms with Crippen molar-refractivity contribution in [3.8, 4) is 0 Å². The van der Waals surface area contributed by atoms with Gasteiger partial charge >= 0.3 is 0 Å². The number of rotatable bonds is 4. The van der Waals surface area contributed by atoms with Gasteiger partial charge in [-0.05, 0) is 85.9 Å². The zero-order valence-electron chi connectivity index (χ0n) is 18.0. The first-order valence-corrected chi connectivity index (χ1v) is 12.2. The summed E-state index contributed by atoms with van der Waals surface area (Å²) in [7, 11) is 2.49. The van der Waals surface area contributed by atoms with Gasteiger partial charge < -0.3 is 4.52 Å². The van der Waals surface area contributed by atoms with Crippen LogP contribution in [0, 0.1) is 46.3 Å². The van der Waals surface area contributed by atoms with E-state index < -0.39 is 0 Å². The Morgan fingerprint density at radius 2 is 1.93 bits per heavy atom. The molecule has 1 unspecified atom stereocenters. The molecule has 0 N–H and O–H groups in total. The molecule has 4 aliphatic rings. The highest BCUT2D eigenvalue weighted by Gasteiger charge is 2.63. The van der Waals surface area contributed by atoms with E-state index >= 15 is 0 Å². The monoisotopic (exact) mass is 392 g/mol. The molecule has 0 spiro atoms. The minimum Gasteiger partial charge on any atom is -0.362 e. The molecule has 0 heterocycles. The van der Waals surface area contributed by atoms with Gasteiger partial charge in [0.1, 0.15) is 5.78 Å². The topological polar surface area (TPSA) is 26.3 Å². The molecule has 0 aromatic carbocycles. The molecule has 3 heteroatoms. The van der Waals surface area contributed by atoms with Crippen molar-refractivity contribution in [1.29, 1.82) is 0 Å². The van der Waals surface area contributed by atoms with Crippen LogP contribution in [0.5, 0.6) is 0 Å². The molecule has 0 bridgehead atoms. The van der Waals surface area contributed by atoms with Gasteiger partial charge in [-0.2, -0.15) is 0 Å². The highest BCUT2D eigenvalue weighted by atomic mass is 31.0. The lowest BCUT2D eigenvalue weighted by Crippen LogP contribution is -2.57. The van der Waals surface area contributed by atoms with Gasteiger partial charge in [0.15, 0.2) is 0 Å². The third-order valence-electron chi connectivity index (χ3n) is 10.2. The van der Waals surface area contributed by atoms with Crippen LogP contribution in [0.2, 0.25) is 0 Å². The summed E-state index contributed by atoms with van der Waals surface area (Å²) in [6, 6.07) is 0. The fraction of sp³-hybridized carbons (Fsp3) is 0.958. The fourth-order valence-electron chi connectivity index (χ4n) is 8.65. The van der Waals surface area contributed by atoms with Crippen LogP contribution in [-0.2, 0) is 9.32 Å². The largest absolute Gasteiger partial charge is 0.362 e. The van der Waals surface area contributed by atoms with Crippen LogP contribution < -0.4 is 0 Å². The summed E-state index contributed by atoms with van der Waals surface area (Å²) in [5.74, 6) is 4.79. The Hall–Kier alpha value is 0.0600. The second-order valence-corrected chi connectivity index (χ2v) is 11.3. The standard InChI is InChI=1S/C24H41O2P/c1-5-6-15(2)19-9-10-20-18-8-7-16-13-17(26-27)11-12-23(16,3)21(18)14-22(25)24(19,20)4/h15-21H,5-14,27H2,1-4H3/t15-,16-,17-,18+,19-,20+,21+,23+,24-/m1/s1. The molecule has 0 aromatic rings. The number of fused-ring (bicyclic) bond motifs is 5. The van der Waals surface area contributed by atoms with E-state index in [2.05, 4.69) is 37.2 Å². The van der Waals surface area contributed by atoms with Crippen LogP contribution >= 0.6 is 9.47 Å². The first kappa shape index (κ1) is 20.3. The van der Waals surface area contributed by atoms with Crippen molar-refractivity contribution in [3.63, 3.8) is 0 Å². The molecule has 4 saturated carbocycles. The van der Waals surface area contributed by atoms with Gasteiger partial charge in [-0.1, -0.05) is 40.5 Å². The van der Waals surface area contributed by atoms with Crippen molar-refractivity contribution >= 4 is 15.2 Å². The number of hydrogen-bond acceptors (Lipinski definition) is 2. The van der Waals surface area contributed by atoms with Gasteiger partial charge in [0.25, 0.3) is 0 Å². The minimum absolute atomic E-state index is 0.0285. The second-order valence-electron chi connectivity index (χ2n) is 11.0. The molecule has 4 fully saturated rings. The summed E-state index contributed by atoms with van der Waals surface area (Å²) in [4.78, 5) is 13.7. The quantitative estimate of drug-likeness (QED) is 0.515. The summed E-state index contributed by atoms with van der Waals surface area (Å²) in [6.45, 7) is 9.63. The predicted octanol–water partition coefficient (Wildman–Crippen LogP) is 6.44. The van der Waals surface area contributed by atoms with Crippen molar-refractivity contribution in [2.75, 3.05) is 0 Å². The molecule has 10 atom stereocenters. The highest BCUT2D eigenvalue weighted by molar-refractivity contribution is 7.09. The molecular weight excluding hydrogens is 351 g/mol. The van der Waals surface area contributed by atoms with Crippen molar-refractivity contribution in [2.45, 2.75) is 98.0 Å². The number of carbonyl (C=O) groups is 1. The molecule has 0 aliphatic heterocycles. The minimum atomic E-state index is -0.0285. The maximum absolute atomic E-state index is 13.7. The molecular formula is C24H41O2P. The molecule has 4 rings (SSSR count). The lowest BCUT2D eigenvalue weighted by Gasteiger charge is -2.60. The Morgan fingerprint density at radius 3 is 2.63 bits per heavy atom. The van der Waals surface area contributed by atoms with Gasteiger partial charge in [0.05, 0.1) is 6.10 Å². The molecule has 0 aromatic heterocycles. The summed E-state index contributed by atoms with van der Waals surface area (Å²) < 4.78 is 5.64. The lowest BCUT2D eigenvalue weighted by atomic mass is 9.44. The van der Waals surface area contributed by atoms with Crippen LogP contribution in [0.4, 0.5) is 0 Å². The van der Waals surface area contributed by atoms with Crippen LogP contribution in [0.25, 0.3) is 0 Å². The van der Waals surface area contributed by atoms with E-state index in [9.17, 15) is 4.79 Å². The molecule has 27 heavy (non-hydrogen) atoms. The number of Topliss-reactive ketones (excluding diaryl/α,β-unsaturated/α-hetero) is 1. The summed E-state index contributed by atoms with van der Waals surface area (Å²) >= 11 is 0. The van der Waals surface area contributed by atoms with Gasteiger partial charge in [-0.25, -0.2) is 0 Å². The van der Waals surface area contributed by atoms with E-state index in [0.29, 0.717) is 41.0 Å². The van der Waals surface area contributed by atoms with Gasteiger partial charge in [-0.15, -0.1) is 0 Å². The average molecular weight is 393 g/mol. The summed E-state index contributed by atoms with van der Waals surface area (Å²) in [6.07, 6.45) is 12.8. The average Bonchev–Trinajstić information content (AvgIpc) is 3.01. The third kappa shape index (κ3) is 2.99. The van der Waals surface area contributed by atoms with E-state index in [1.165, 1.54) is 57.8 Å². The second kappa shape index (κ2) is 7.39. The molecule has 4 aliphatic carbocycles. The van der Waals surface area contributed by atoms with Crippen LogP contribution in [0.1, 0.15) is 91.9 Å². The number of ketones is 1. The Bertz CT molecular complexity index is 577. The van der Waals surface area contributed by atoms with Crippen molar-refractivity contribution in [3.05, 3.63) is 0 Å². The highest BCUT2D eigenvalue weighted by Crippen LogP contribution is 2.67. The molecule has 2 nitrogen and oxygen atoms in total. The van der Waals surface area contributed by atoms with Crippen molar-refractivity contribution in [2.24, 2.45) is 46.3 Å². The Balaban J connectivity index is 1.60. The Morgan fingerprint density at radius 1 is 1.15 bits per heavy atom. The molecule has 0 saturated heterocycles. The fourth-order valence-corrected chi connectivity index (χ4v) is 8.89. The van der Waals surface area contributed by atoms with E-state index in [-0.39, 0.29) is 5.41 Å². The van der Waals surface area contributed by atoms with E-state index in [0.717, 1.165) is 18.3 Å². The zero-order valence-corrected chi connectivity index (χ0v) is 19.2. The zero-order chi connectivity index (χ0) is 19.4. The maximum Gasteiger partial charge on any atom is 0.139 e. The third-order valence-corrected chi connectivity index (χ3v) is 10.6. The van der Waals surface area contributed by atoms with Crippen LogP contribution in [0.3, 0.4) is 0 Å². The Kier molecular flexibility index (Phi) is 5.57. The van der Waals surface area contributed by atoms with Crippen molar-refractivity contribution < 1.29 is 9.32 Å². The summed E-state index contributed by atoms with van der Waals surface area (Å²) in [5, 5.41) is 0. The van der Waals surface area contributed by atoms with Crippen LogP contribution in [-0.4, -0.2) is 11.9 Å². The number of carbonyl (C=O) groups excluding carboxylic acids is 1. The van der Waals surface area contributed by atoms with E-state index in [1.54, 1.807) is 0 Å². The molecule has 0 amide bonds. The van der Waals surface area contributed by atoms with Gasteiger partial charge in [0, 0.05) is 21.3 Å². The van der Waals surface area contributed by atoms with E-state index in [1.807, 2.05) is 0 Å². The summed E-state index contributed by atoms with van der Waals surface area (Å²) in [5.41, 5.74) is 0.339. The molecule has 0 radical (unpaired) electrons. The normalized spacial score (nSPS) is 50.6. The van der Waals surface area contributed by atoms with Gasteiger partial charge in [-0.3, -0.25) is 4.79 Å². The maximum atomic E-state index is 13.7. The lowest BCUT2D eigenvalue weighted by molar-refractivity contribution is -0.159.